The Bertz CT molecular complexity index is 1930. The molecular formula is C34H30ClF4N7O5. The van der Waals surface area contributed by atoms with Crippen LogP contribution in [0, 0.1) is 5.82 Å². The number of hydrazine groups is 2. The number of carboxylic acids is 1. The molecule has 3 aromatic rings. The van der Waals surface area contributed by atoms with Crippen LogP contribution in [0.1, 0.15) is 57.4 Å². The van der Waals surface area contributed by atoms with Crippen molar-refractivity contribution in [2.45, 2.75) is 37.4 Å². The van der Waals surface area contributed by atoms with Gasteiger partial charge < -0.3 is 20.2 Å². The number of carbonyl (C=O) groups is 4. The van der Waals surface area contributed by atoms with E-state index in [2.05, 4.69) is 21.5 Å². The van der Waals surface area contributed by atoms with Crippen LogP contribution in [0.4, 0.5) is 28.9 Å². The molecule has 0 aromatic heterocycles. The number of hydrogen-bond donors (Lipinski definition) is 4. The van der Waals surface area contributed by atoms with E-state index in [1.807, 2.05) is 6.07 Å². The molecule has 0 aliphatic carbocycles. The van der Waals surface area contributed by atoms with Gasteiger partial charge in [-0.3, -0.25) is 14.4 Å². The summed E-state index contributed by atoms with van der Waals surface area (Å²) < 4.78 is 54.5. The zero-order valence-electron chi connectivity index (χ0n) is 26.6. The van der Waals surface area contributed by atoms with Gasteiger partial charge in [-0.2, -0.15) is 18.3 Å². The number of fused-ring (bicyclic) bond motifs is 1. The summed E-state index contributed by atoms with van der Waals surface area (Å²) >= 11 is 6.06. The van der Waals surface area contributed by atoms with Gasteiger partial charge in [-0.25, -0.2) is 19.7 Å². The molecule has 0 radical (unpaired) electrons. The van der Waals surface area contributed by atoms with Crippen molar-refractivity contribution in [1.82, 2.24) is 20.9 Å². The van der Waals surface area contributed by atoms with E-state index in [9.17, 15) is 37.5 Å². The van der Waals surface area contributed by atoms with Gasteiger partial charge in [0.15, 0.2) is 5.82 Å². The Balaban J connectivity index is 1.32. The third-order valence-corrected chi connectivity index (χ3v) is 9.31. The Labute approximate surface area is 293 Å². The topological polar surface area (TPSA) is 147 Å². The lowest BCUT2D eigenvalue weighted by atomic mass is 9.80. The first-order valence-electron chi connectivity index (χ1n) is 15.7. The second-order valence-corrected chi connectivity index (χ2v) is 12.4. The molecule has 3 heterocycles. The number of alkyl halides is 3. The van der Waals surface area contributed by atoms with Crippen LogP contribution >= 0.6 is 11.6 Å². The van der Waals surface area contributed by atoms with E-state index in [4.69, 9.17) is 11.6 Å². The van der Waals surface area contributed by atoms with Crippen molar-refractivity contribution in [3.05, 3.63) is 99.3 Å². The number of aromatic carboxylic acids is 1. The molecule has 266 valence electrons. The number of nitrogens with zero attached hydrogens (tertiary/aromatic N) is 4. The molecule has 1 unspecified atom stereocenters. The first-order chi connectivity index (χ1) is 24.3. The summed E-state index contributed by atoms with van der Waals surface area (Å²) in [6.45, 7) is -0.117. The number of benzene rings is 3. The number of anilines is 2. The van der Waals surface area contributed by atoms with Crippen molar-refractivity contribution < 1.29 is 41.8 Å². The zero-order chi connectivity index (χ0) is 36.4. The second kappa shape index (κ2) is 14.4. The Hall–Kier alpha value is -5.48. The summed E-state index contributed by atoms with van der Waals surface area (Å²) in [6, 6.07) is 12.4. The Morgan fingerprint density at radius 2 is 1.69 bits per heavy atom. The van der Waals surface area contributed by atoms with Crippen LogP contribution in [0.25, 0.3) is 6.08 Å². The largest absolute Gasteiger partial charge is 0.478 e. The van der Waals surface area contributed by atoms with E-state index >= 15 is 4.39 Å². The van der Waals surface area contributed by atoms with Crippen LogP contribution in [-0.2, 0) is 20.8 Å². The predicted octanol–water partition coefficient (Wildman–Crippen LogP) is 5.00. The number of nitrogens with one attached hydrogen (secondary N) is 3. The quantitative estimate of drug-likeness (QED) is 0.197. The lowest BCUT2D eigenvalue weighted by Gasteiger charge is -2.39. The highest BCUT2D eigenvalue weighted by Gasteiger charge is 2.44. The van der Waals surface area contributed by atoms with E-state index in [0.29, 0.717) is 12.0 Å². The Morgan fingerprint density at radius 3 is 2.33 bits per heavy atom. The lowest BCUT2D eigenvalue weighted by molar-refractivity contribution is -0.186. The van der Waals surface area contributed by atoms with Crippen LogP contribution in [0.5, 0.6) is 0 Å². The summed E-state index contributed by atoms with van der Waals surface area (Å²) in [5.74, 6) is -5.26. The van der Waals surface area contributed by atoms with Crippen LogP contribution in [0.2, 0.25) is 5.02 Å². The van der Waals surface area contributed by atoms with Gasteiger partial charge in [0.25, 0.3) is 5.91 Å². The van der Waals surface area contributed by atoms with Crippen molar-refractivity contribution in [2.24, 2.45) is 5.10 Å². The Kier molecular flexibility index (Phi) is 9.98. The van der Waals surface area contributed by atoms with Crippen molar-refractivity contribution in [2.75, 3.05) is 30.0 Å². The van der Waals surface area contributed by atoms with Gasteiger partial charge in [0.2, 0.25) is 5.91 Å². The zero-order valence-corrected chi connectivity index (χ0v) is 27.3. The minimum atomic E-state index is -4.96. The van der Waals surface area contributed by atoms with Gasteiger partial charge >= 0.3 is 18.1 Å². The van der Waals surface area contributed by atoms with E-state index < -0.39 is 41.7 Å². The van der Waals surface area contributed by atoms with Crippen molar-refractivity contribution in [3.8, 4) is 0 Å². The van der Waals surface area contributed by atoms with E-state index in [0.717, 1.165) is 22.1 Å². The van der Waals surface area contributed by atoms with Gasteiger partial charge in [-0.15, -0.1) is 5.53 Å². The molecule has 0 spiro atoms. The van der Waals surface area contributed by atoms with Crippen LogP contribution in [0.15, 0.2) is 65.8 Å². The fraction of sp³-hybridized carbons (Fsp3) is 0.265. The highest BCUT2D eigenvalue weighted by Crippen LogP contribution is 2.39. The molecule has 3 aliphatic heterocycles. The average Bonchev–Trinajstić information content (AvgIpc) is 3.66. The number of piperidine rings is 1. The SMILES string of the molecule is O=C(O)c1ccc(NC(=O)C2c3cccc(C4CCN(C(=O)C(F)(F)F)CC4)c3CCN2C(=O)/C=C/c2c(N3C=NNN3)ccc(Cl)c2F)cc1. The number of hydrogen-bond acceptors (Lipinski definition) is 8. The fourth-order valence-electron chi connectivity index (χ4n) is 6.58. The Morgan fingerprint density at radius 1 is 0.980 bits per heavy atom. The van der Waals surface area contributed by atoms with Crippen molar-refractivity contribution in [3.63, 3.8) is 0 Å². The predicted molar refractivity (Wildman–Crippen MR) is 179 cm³/mol. The number of likely N-dealkylation sites (tertiary alicyclic amines) is 1. The number of amides is 3. The van der Waals surface area contributed by atoms with Crippen LogP contribution in [-0.4, -0.2) is 70.7 Å². The third-order valence-electron chi connectivity index (χ3n) is 9.02. The van der Waals surface area contributed by atoms with E-state index in [1.165, 1.54) is 58.7 Å². The molecule has 3 aromatic carbocycles. The second-order valence-electron chi connectivity index (χ2n) is 12.0. The maximum atomic E-state index is 15.3. The molecule has 51 heavy (non-hydrogen) atoms. The molecule has 6 rings (SSSR count). The molecular weight excluding hydrogens is 698 g/mol. The normalized spacial score (nSPS) is 17.7. The smallest absolute Gasteiger partial charge is 0.471 e. The number of carbonyl (C=O) groups excluding carboxylic acids is 3. The molecule has 1 saturated heterocycles. The summed E-state index contributed by atoms with van der Waals surface area (Å²) in [5.41, 5.74) is 7.79. The van der Waals surface area contributed by atoms with Gasteiger partial charge in [-0.1, -0.05) is 29.8 Å². The van der Waals surface area contributed by atoms with Crippen LogP contribution < -0.4 is 21.4 Å². The first kappa shape index (κ1) is 35.3. The fourth-order valence-corrected chi connectivity index (χ4v) is 6.74. The molecule has 3 amide bonds. The van der Waals surface area contributed by atoms with Gasteiger partial charge in [0.05, 0.1) is 16.3 Å². The summed E-state index contributed by atoms with van der Waals surface area (Å²) in [4.78, 5) is 53.2. The molecule has 4 N–H and O–H groups in total. The van der Waals surface area contributed by atoms with Crippen molar-refractivity contribution >= 4 is 59.1 Å². The molecule has 0 bridgehead atoms. The molecule has 12 nitrogen and oxygen atoms in total. The third kappa shape index (κ3) is 7.37. The number of rotatable bonds is 7. The van der Waals surface area contributed by atoms with Gasteiger partial charge in [0.1, 0.15) is 12.4 Å². The average molecular weight is 728 g/mol. The standard InChI is InChI=1S/C34H30ClF4N7O5/c35-26-9-10-27(46-18-40-42-43-46)25(29(26)36)8-11-28(47)45-17-14-23-22(19-12-15-44(16-13-19)33(51)34(37,38)39)2-1-3-24(23)30(45)31(48)41-21-6-4-20(5-7-21)32(49)50/h1-11,18-19,30,42-43H,12-17H2,(H,41,48)(H,49,50)/b11-8+. The lowest BCUT2D eigenvalue weighted by Crippen LogP contribution is -2.46. The highest BCUT2D eigenvalue weighted by atomic mass is 35.5. The first-order valence-corrected chi connectivity index (χ1v) is 16.1. The van der Waals surface area contributed by atoms with E-state index in [-0.39, 0.29) is 65.9 Å². The molecule has 1 atom stereocenters. The van der Waals surface area contributed by atoms with Gasteiger partial charge in [-0.05, 0) is 84.3 Å². The van der Waals surface area contributed by atoms with E-state index in [1.54, 1.807) is 12.1 Å². The molecule has 1 fully saturated rings. The van der Waals surface area contributed by atoms with Crippen LogP contribution in [0.3, 0.4) is 0 Å². The molecule has 0 saturated carbocycles. The van der Waals surface area contributed by atoms with Crippen molar-refractivity contribution in [1.29, 1.82) is 0 Å². The monoisotopic (exact) mass is 727 g/mol. The summed E-state index contributed by atoms with van der Waals surface area (Å²) in [6.07, 6.45) is -0.388. The summed E-state index contributed by atoms with van der Waals surface area (Å²) in [7, 11) is 0. The molecule has 3 aliphatic rings. The maximum absolute atomic E-state index is 15.3. The minimum absolute atomic E-state index is 0.00405. The number of halogens is 5. The maximum Gasteiger partial charge on any atom is 0.471 e. The number of carboxylic acid groups (broad SMARTS) is 1. The minimum Gasteiger partial charge on any atom is -0.478 e. The van der Waals surface area contributed by atoms with Gasteiger partial charge in [0, 0.05) is 37.0 Å². The highest BCUT2D eigenvalue weighted by molar-refractivity contribution is 6.31. The molecule has 17 heteroatoms. The number of hydrazone groups is 1. The summed E-state index contributed by atoms with van der Waals surface area (Å²) in [5, 5.41) is 17.0.